The molecule has 4 rings (SSSR count). The highest BCUT2D eigenvalue weighted by Crippen LogP contribution is 2.21. The molecular weight excluding hydrogens is 400 g/mol. The molecule has 0 saturated carbocycles. The average Bonchev–Trinajstić information content (AvgIpc) is 3.20. The zero-order valence-corrected chi connectivity index (χ0v) is 16.6. The Morgan fingerprint density at radius 2 is 1.90 bits per heavy atom. The quantitative estimate of drug-likeness (QED) is 0.481. The van der Waals surface area contributed by atoms with Gasteiger partial charge in [-0.1, -0.05) is 12.1 Å². The number of amides is 3. The number of carbonyl (C=O) groups is 3. The van der Waals surface area contributed by atoms with Crippen molar-refractivity contribution < 1.29 is 19.1 Å². The van der Waals surface area contributed by atoms with Crippen LogP contribution in [-0.4, -0.2) is 46.1 Å². The summed E-state index contributed by atoms with van der Waals surface area (Å²) in [5.41, 5.74) is 1.62. The molecule has 0 fully saturated rings. The van der Waals surface area contributed by atoms with Crippen LogP contribution in [0.25, 0.3) is 11.4 Å². The fourth-order valence-corrected chi connectivity index (χ4v) is 3.17. The number of nitrogens with one attached hydrogen (secondary N) is 4. The van der Waals surface area contributed by atoms with Crippen LogP contribution < -0.4 is 20.7 Å². The number of ether oxygens (including phenoxy) is 1. The van der Waals surface area contributed by atoms with Crippen molar-refractivity contribution in [2.24, 2.45) is 0 Å². The van der Waals surface area contributed by atoms with E-state index < -0.39 is 6.04 Å². The lowest BCUT2D eigenvalue weighted by Crippen LogP contribution is -2.41. The van der Waals surface area contributed by atoms with Crippen molar-refractivity contribution in [1.29, 1.82) is 0 Å². The maximum Gasteiger partial charge on any atom is 0.254 e. The molecule has 0 aliphatic carbocycles. The molecule has 1 aromatic heterocycles. The fourth-order valence-electron chi connectivity index (χ4n) is 3.17. The molecule has 0 unspecified atom stereocenters. The van der Waals surface area contributed by atoms with Gasteiger partial charge in [0.15, 0.2) is 5.82 Å². The summed E-state index contributed by atoms with van der Waals surface area (Å²) in [4.78, 5) is 41.3. The number of methoxy groups -OCH3 is 1. The van der Waals surface area contributed by atoms with E-state index in [1.54, 1.807) is 43.5 Å². The third-order valence-corrected chi connectivity index (χ3v) is 4.81. The molecule has 1 atom stereocenters. The SMILES string of the molecule is COc1ccc(-c2nc(NC(=O)CC[C@H]3NC(=O)c4ccccc4NC3=O)n[nH]2)cc1. The fraction of sp³-hybridized carbons (Fsp3) is 0.190. The third-order valence-electron chi connectivity index (χ3n) is 4.81. The Labute approximate surface area is 177 Å². The molecule has 0 saturated heterocycles. The predicted octanol–water partition coefficient (Wildman–Crippen LogP) is 1.95. The number of para-hydroxylation sites is 1. The molecule has 10 heteroatoms. The summed E-state index contributed by atoms with van der Waals surface area (Å²) in [6.45, 7) is 0. The topological polar surface area (TPSA) is 138 Å². The Morgan fingerprint density at radius 3 is 2.68 bits per heavy atom. The first-order valence-corrected chi connectivity index (χ1v) is 9.61. The van der Waals surface area contributed by atoms with E-state index in [0.29, 0.717) is 17.1 Å². The highest BCUT2D eigenvalue weighted by Gasteiger charge is 2.28. The minimum Gasteiger partial charge on any atom is -0.497 e. The lowest BCUT2D eigenvalue weighted by Gasteiger charge is -2.13. The average molecular weight is 420 g/mol. The molecule has 4 N–H and O–H groups in total. The maximum absolute atomic E-state index is 12.4. The van der Waals surface area contributed by atoms with E-state index in [-0.39, 0.29) is 36.5 Å². The van der Waals surface area contributed by atoms with Crippen molar-refractivity contribution in [3.63, 3.8) is 0 Å². The van der Waals surface area contributed by atoms with Crippen LogP contribution in [0.2, 0.25) is 0 Å². The van der Waals surface area contributed by atoms with Crippen LogP contribution in [0.4, 0.5) is 11.6 Å². The molecule has 0 bridgehead atoms. The second-order valence-corrected chi connectivity index (χ2v) is 6.88. The molecule has 0 radical (unpaired) electrons. The smallest absolute Gasteiger partial charge is 0.254 e. The Hall–Kier alpha value is -4.21. The van der Waals surface area contributed by atoms with Crippen LogP contribution in [0.5, 0.6) is 5.75 Å². The van der Waals surface area contributed by atoms with Crippen LogP contribution in [0.1, 0.15) is 23.2 Å². The van der Waals surface area contributed by atoms with E-state index in [2.05, 4.69) is 31.1 Å². The summed E-state index contributed by atoms with van der Waals surface area (Å²) >= 11 is 0. The molecule has 3 aromatic rings. The zero-order chi connectivity index (χ0) is 21.8. The van der Waals surface area contributed by atoms with Gasteiger partial charge in [-0.2, -0.15) is 4.98 Å². The number of nitrogens with zero attached hydrogens (tertiary/aromatic N) is 2. The highest BCUT2D eigenvalue weighted by molar-refractivity contribution is 6.09. The van der Waals surface area contributed by atoms with Crippen LogP contribution in [0, 0.1) is 0 Å². The monoisotopic (exact) mass is 420 g/mol. The van der Waals surface area contributed by atoms with Crippen molar-refractivity contribution in [3.8, 4) is 17.1 Å². The van der Waals surface area contributed by atoms with E-state index >= 15 is 0 Å². The zero-order valence-electron chi connectivity index (χ0n) is 16.6. The number of hydrogen-bond donors (Lipinski definition) is 4. The summed E-state index contributed by atoms with van der Waals surface area (Å²) in [5.74, 6) is 0.227. The Kier molecular flexibility index (Phi) is 5.61. The molecule has 2 heterocycles. The first-order valence-electron chi connectivity index (χ1n) is 9.61. The van der Waals surface area contributed by atoms with E-state index in [1.807, 2.05) is 12.1 Å². The third kappa shape index (κ3) is 4.53. The van der Waals surface area contributed by atoms with Gasteiger partial charge in [-0.3, -0.25) is 24.8 Å². The first-order chi connectivity index (χ1) is 15.0. The van der Waals surface area contributed by atoms with Gasteiger partial charge in [0.25, 0.3) is 5.91 Å². The minimum absolute atomic E-state index is 0.00111. The number of carbonyl (C=O) groups excluding carboxylic acids is 3. The predicted molar refractivity (Wildman–Crippen MR) is 113 cm³/mol. The van der Waals surface area contributed by atoms with Gasteiger partial charge in [0.2, 0.25) is 17.8 Å². The van der Waals surface area contributed by atoms with Crippen LogP contribution in [-0.2, 0) is 9.59 Å². The van der Waals surface area contributed by atoms with Crippen molar-refractivity contribution in [1.82, 2.24) is 20.5 Å². The van der Waals surface area contributed by atoms with E-state index in [0.717, 1.165) is 11.3 Å². The second kappa shape index (κ2) is 8.66. The minimum atomic E-state index is -0.826. The van der Waals surface area contributed by atoms with Crippen molar-refractivity contribution >= 4 is 29.4 Å². The molecule has 31 heavy (non-hydrogen) atoms. The lowest BCUT2D eigenvalue weighted by molar-refractivity contribution is -0.118. The number of hydrogen-bond acceptors (Lipinski definition) is 6. The number of rotatable bonds is 6. The Balaban J connectivity index is 1.34. The maximum atomic E-state index is 12.4. The molecular formula is C21H20N6O4. The standard InChI is InChI=1S/C21H20N6O4/c1-31-13-8-6-12(7-9-13)18-25-21(27-26-18)24-17(28)11-10-16-20(30)22-15-5-3-2-4-14(15)19(29)23-16/h2-9,16H,10-11H2,1H3,(H,22,30)(H,23,29)(H2,24,25,26,27,28)/t16-/m1/s1. The molecule has 3 amide bonds. The van der Waals surface area contributed by atoms with Gasteiger partial charge in [-0.05, 0) is 42.8 Å². The summed E-state index contributed by atoms with van der Waals surface area (Å²) in [5, 5.41) is 14.7. The highest BCUT2D eigenvalue weighted by atomic mass is 16.5. The number of aromatic amines is 1. The Morgan fingerprint density at radius 1 is 1.13 bits per heavy atom. The molecule has 0 spiro atoms. The number of H-pyrrole nitrogens is 1. The summed E-state index contributed by atoms with van der Waals surface area (Å²) < 4.78 is 5.12. The van der Waals surface area contributed by atoms with Crippen molar-refractivity contribution in [2.75, 3.05) is 17.7 Å². The summed E-state index contributed by atoms with van der Waals surface area (Å²) in [6, 6.07) is 13.1. The van der Waals surface area contributed by atoms with Crippen molar-refractivity contribution in [3.05, 3.63) is 54.1 Å². The number of benzene rings is 2. The van der Waals surface area contributed by atoms with Gasteiger partial charge in [0, 0.05) is 12.0 Å². The summed E-state index contributed by atoms with van der Waals surface area (Å²) in [6.07, 6.45) is 0.133. The Bertz CT molecular complexity index is 1120. The van der Waals surface area contributed by atoms with Gasteiger partial charge in [-0.15, -0.1) is 5.10 Å². The number of fused-ring (bicyclic) bond motifs is 1. The normalized spacial score (nSPS) is 15.3. The van der Waals surface area contributed by atoms with Gasteiger partial charge < -0.3 is 15.4 Å². The van der Waals surface area contributed by atoms with Gasteiger partial charge >= 0.3 is 0 Å². The van der Waals surface area contributed by atoms with Gasteiger partial charge in [0.1, 0.15) is 11.8 Å². The molecule has 1 aliphatic heterocycles. The van der Waals surface area contributed by atoms with E-state index in [4.69, 9.17) is 4.74 Å². The summed E-state index contributed by atoms with van der Waals surface area (Å²) in [7, 11) is 1.58. The van der Waals surface area contributed by atoms with Crippen LogP contribution >= 0.6 is 0 Å². The van der Waals surface area contributed by atoms with Gasteiger partial charge in [0.05, 0.1) is 18.4 Å². The molecule has 2 aromatic carbocycles. The van der Waals surface area contributed by atoms with Crippen LogP contribution in [0.15, 0.2) is 48.5 Å². The van der Waals surface area contributed by atoms with Gasteiger partial charge in [-0.25, -0.2) is 0 Å². The second-order valence-electron chi connectivity index (χ2n) is 6.88. The van der Waals surface area contributed by atoms with Crippen LogP contribution in [0.3, 0.4) is 0 Å². The van der Waals surface area contributed by atoms with E-state index in [1.165, 1.54) is 0 Å². The first kappa shape index (κ1) is 20.1. The van der Waals surface area contributed by atoms with E-state index in [9.17, 15) is 14.4 Å². The largest absolute Gasteiger partial charge is 0.497 e. The number of aromatic nitrogens is 3. The van der Waals surface area contributed by atoms with Crippen molar-refractivity contribution in [2.45, 2.75) is 18.9 Å². The lowest BCUT2D eigenvalue weighted by atomic mass is 10.1. The molecule has 1 aliphatic rings. The number of anilines is 2. The molecule has 158 valence electrons. The molecule has 10 nitrogen and oxygen atoms in total.